The lowest BCUT2D eigenvalue weighted by molar-refractivity contribution is 0.0601. The van der Waals surface area contributed by atoms with Crippen molar-refractivity contribution in [3.05, 3.63) is 55.0 Å². The first-order valence-electron chi connectivity index (χ1n) is 13.1. The fourth-order valence-electron chi connectivity index (χ4n) is 4.96. The first kappa shape index (κ1) is 23.7. The predicted octanol–water partition coefficient (Wildman–Crippen LogP) is 5.49. The van der Waals surface area contributed by atoms with E-state index in [0.29, 0.717) is 11.8 Å². The molecule has 0 atom stereocenters. The van der Waals surface area contributed by atoms with Crippen LogP contribution in [-0.4, -0.2) is 53.7 Å². The van der Waals surface area contributed by atoms with Crippen LogP contribution in [0.3, 0.4) is 0 Å². The van der Waals surface area contributed by atoms with Crippen LogP contribution in [0.15, 0.2) is 55.0 Å². The second-order valence-corrected chi connectivity index (χ2v) is 10.1. The minimum Gasteiger partial charge on any atom is -0.497 e. The van der Waals surface area contributed by atoms with Gasteiger partial charge >= 0.3 is 0 Å². The van der Waals surface area contributed by atoms with E-state index in [2.05, 4.69) is 40.5 Å². The van der Waals surface area contributed by atoms with Gasteiger partial charge in [-0.15, -0.1) is 0 Å². The summed E-state index contributed by atoms with van der Waals surface area (Å²) < 4.78 is 18.6. The van der Waals surface area contributed by atoms with Crippen molar-refractivity contribution >= 4 is 22.4 Å². The van der Waals surface area contributed by atoms with Crippen LogP contribution in [0.5, 0.6) is 11.5 Å². The quantitative estimate of drug-likeness (QED) is 0.302. The van der Waals surface area contributed by atoms with Crippen LogP contribution in [0.1, 0.15) is 25.7 Å². The van der Waals surface area contributed by atoms with Crippen molar-refractivity contribution < 1.29 is 14.2 Å². The molecule has 192 valence electrons. The van der Waals surface area contributed by atoms with Gasteiger partial charge < -0.3 is 19.1 Å². The highest BCUT2D eigenvalue weighted by Gasteiger charge is 2.26. The molecule has 2 fully saturated rings. The Morgan fingerprint density at radius 2 is 1.68 bits per heavy atom. The summed E-state index contributed by atoms with van der Waals surface area (Å²) in [6.07, 6.45) is 10.5. The van der Waals surface area contributed by atoms with Crippen LogP contribution in [0.4, 0.5) is 11.4 Å². The molecule has 2 aliphatic rings. The van der Waals surface area contributed by atoms with Crippen molar-refractivity contribution in [2.75, 3.05) is 38.9 Å². The van der Waals surface area contributed by atoms with E-state index in [4.69, 9.17) is 24.2 Å². The van der Waals surface area contributed by atoms with Crippen LogP contribution in [0.2, 0.25) is 0 Å². The molecule has 8 nitrogen and oxygen atoms in total. The van der Waals surface area contributed by atoms with Gasteiger partial charge in [0.05, 0.1) is 43.3 Å². The summed E-state index contributed by atoms with van der Waals surface area (Å²) in [5.74, 6) is 2.85. The molecular formula is C29H33N5O3. The van der Waals surface area contributed by atoms with E-state index in [9.17, 15) is 0 Å². The smallest absolute Gasteiger partial charge is 0.124 e. The zero-order valence-corrected chi connectivity index (χ0v) is 21.5. The molecule has 2 aromatic heterocycles. The van der Waals surface area contributed by atoms with E-state index in [1.807, 2.05) is 29.2 Å². The lowest BCUT2D eigenvalue weighted by Crippen LogP contribution is -2.20. The van der Waals surface area contributed by atoms with Gasteiger partial charge in [-0.2, -0.15) is 5.10 Å². The molecule has 0 unspecified atom stereocenters. The Morgan fingerprint density at radius 3 is 2.41 bits per heavy atom. The van der Waals surface area contributed by atoms with Crippen molar-refractivity contribution in [3.63, 3.8) is 0 Å². The molecule has 4 aromatic rings. The number of ether oxygens (including phenoxy) is 3. The van der Waals surface area contributed by atoms with Crippen molar-refractivity contribution in [1.29, 1.82) is 0 Å². The van der Waals surface area contributed by atoms with E-state index in [1.54, 1.807) is 14.2 Å². The molecular weight excluding hydrogens is 466 g/mol. The van der Waals surface area contributed by atoms with Gasteiger partial charge in [0.15, 0.2) is 0 Å². The van der Waals surface area contributed by atoms with Crippen LogP contribution >= 0.6 is 0 Å². The largest absolute Gasteiger partial charge is 0.497 e. The molecule has 2 aromatic carbocycles. The molecule has 8 heteroatoms. The number of hydrogen-bond donors (Lipinski definition) is 0. The van der Waals surface area contributed by atoms with E-state index in [-0.39, 0.29) is 0 Å². The molecule has 0 spiro atoms. The summed E-state index contributed by atoms with van der Waals surface area (Å²) in [6.45, 7) is 3.54. The maximum Gasteiger partial charge on any atom is 0.124 e. The topological polar surface area (TPSA) is 74.5 Å². The number of fused-ring (bicyclic) bond motifs is 1. The summed E-state index contributed by atoms with van der Waals surface area (Å²) >= 11 is 0. The minimum atomic E-state index is 0.611. The molecule has 0 N–H and O–H groups in total. The Labute approximate surface area is 217 Å². The first-order chi connectivity index (χ1) is 18.2. The molecule has 1 aliphatic carbocycles. The number of benzene rings is 2. The van der Waals surface area contributed by atoms with Crippen molar-refractivity contribution in [1.82, 2.24) is 19.7 Å². The third kappa shape index (κ3) is 5.39. The highest BCUT2D eigenvalue weighted by atomic mass is 16.5. The Hall–Kier alpha value is -3.65. The van der Waals surface area contributed by atoms with E-state index in [1.165, 1.54) is 12.8 Å². The Morgan fingerprint density at radius 1 is 0.892 bits per heavy atom. The summed E-state index contributed by atoms with van der Waals surface area (Å²) in [7, 11) is 3.37. The van der Waals surface area contributed by atoms with Gasteiger partial charge in [0, 0.05) is 67.6 Å². The average molecular weight is 500 g/mol. The molecule has 0 amide bonds. The Bertz CT molecular complexity index is 1350. The second kappa shape index (κ2) is 10.4. The van der Waals surface area contributed by atoms with Crippen molar-refractivity contribution in [2.24, 2.45) is 11.8 Å². The number of aromatic nitrogens is 4. The average Bonchev–Trinajstić information content (AvgIpc) is 3.66. The van der Waals surface area contributed by atoms with Gasteiger partial charge in [-0.25, -0.2) is 4.98 Å². The maximum atomic E-state index is 5.55. The number of rotatable bonds is 9. The highest BCUT2D eigenvalue weighted by molar-refractivity contribution is 5.82. The molecule has 0 bridgehead atoms. The van der Waals surface area contributed by atoms with Crippen LogP contribution in [-0.2, 0) is 11.3 Å². The van der Waals surface area contributed by atoms with Gasteiger partial charge in [0.25, 0.3) is 0 Å². The van der Waals surface area contributed by atoms with Gasteiger partial charge in [0.1, 0.15) is 11.5 Å². The number of methoxy groups -OCH3 is 2. The van der Waals surface area contributed by atoms with E-state index in [0.717, 1.165) is 84.3 Å². The SMILES string of the molecule is COc1cc(OC)cc(N(CC2CC2)c2ccc3ncc(-c4cnn(CC5CCOCC5)c4)nc3c2)c1. The monoisotopic (exact) mass is 499 g/mol. The summed E-state index contributed by atoms with van der Waals surface area (Å²) in [5, 5.41) is 4.60. The van der Waals surface area contributed by atoms with Gasteiger partial charge in [-0.1, -0.05) is 0 Å². The summed E-state index contributed by atoms with van der Waals surface area (Å²) in [5.41, 5.74) is 5.68. The molecule has 1 saturated heterocycles. The first-order valence-corrected chi connectivity index (χ1v) is 13.1. The summed E-state index contributed by atoms with van der Waals surface area (Å²) in [6, 6.07) is 12.3. The van der Waals surface area contributed by atoms with Crippen molar-refractivity contribution in [2.45, 2.75) is 32.2 Å². The van der Waals surface area contributed by atoms with Gasteiger partial charge in [-0.3, -0.25) is 9.67 Å². The highest BCUT2D eigenvalue weighted by Crippen LogP contribution is 2.38. The Balaban J connectivity index is 1.31. The van der Waals surface area contributed by atoms with Gasteiger partial charge in [-0.05, 0) is 55.7 Å². The zero-order chi connectivity index (χ0) is 25.2. The predicted molar refractivity (Wildman–Crippen MR) is 144 cm³/mol. The van der Waals surface area contributed by atoms with E-state index >= 15 is 0 Å². The molecule has 37 heavy (non-hydrogen) atoms. The fraction of sp³-hybridized carbons (Fsp3) is 0.414. The third-order valence-electron chi connectivity index (χ3n) is 7.34. The lowest BCUT2D eigenvalue weighted by atomic mass is 10.0. The molecule has 1 aliphatic heterocycles. The minimum absolute atomic E-state index is 0.611. The molecule has 0 radical (unpaired) electrons. The number of nitrogens with zero attached hydrogens (tertiary/aromatic N) is 5. The molecule has 3 heterocycles. The Kier molecular flexibility index (Phi) is 6.66. The number of hydrogen-bond acceptors (Lipinski definition) is 7. The van der Waals surface area contributed by atoms with E-state index < -0.39 is 0 Å². The van der Waals surface area contributed by atoms with Crippen LogP contribution in [0.25, 0.3) is 22.3 Å². The molecule has 1 saturated carbocycles. The second-order valence-electron chi connectivity index (χ2n) is 10.1. The van der Waals surface area contributed by atoms with Crippen molar-refractivity contribution in [3.8, 4) is 22.8 Å². The molecule has 6 rings (SSSR count). The summed E-state index contributed by atoms with van der Waals surface area (Å²) in [4.78, 5) is 12.0. The maximum absolute atomic E-state index is 5.55. The normalized spacial score (nSPS) is 16.2. The van der Waals surface area contributed by atoms with Crippen LogP contribution in [0, 0.1) is 11.8 Å². The fourth-order valence-corrected chi connectivity index (χ4v) is 4.96. The number of anilines is 2. The standard InChI is InChI=1S/C29H33N5O3/c1-35-25-11-24(12-26(14-25)36-2)34(18-20-3-4-20)23-5-6-27-28(13-23)32-29(16-30-27)22-15-31-33(19-22)17-21-7-9-37-10-8-21/h5-6,11-16,19-21H,3-4,7-10,17-18H2,1-2H3. The lowest BCUT2D eigenvalue weighted by Gasteiger charge is -2.26. The zero-order valence-electron chi connectivity index (χ0n) is 21.5. The van der Waals surface area contributed by atoms with Gasteiger partial charge in [0.2, 0.25) is 0 Å². The third-order valence-corrected chi connectivity index (χ3v) is 7.34. The van der Waals surface area contributed by atoms with Crippen LogP contribution < -0.4 is 14.4 Å².